The molecule has 0 heterocycles. The van der Waals surface area contributed by atoms with Gasteiger partial charge in [-0.1, -0.05) is 27.7 Å². The summed E-state index contributed by atoms with van der Waals surface area (Å²) in [5, 5.41) is 14.8. The van der Waals surface area contributed by atoms with E-state index in [-0.39, 0.29) is 0 Å². The van der Waals surface area contributed by atoms with Crippen LogP contribution in [0, 0.1) is 0 Å². The van der Waals surface area contributed by atoms with Crippen LogP contribution in [-0.2, 0) is 9.59 Å². The van der Waals surface area contributed by atoms with Crippen molar-refractivity contribution >= 4 is 11.9 Å². The van der Waals surface area contributed by atoms with Crippen LogP contribution in [0.4, 0.5) is 0 Å². The Morgan fingerprint density at radius 1 is 0.722 bits per heavy atom. The summed E-state index contributed by atoms with van der Waals surface area (Å²) in [6.45, 7) is 16.1. The van der Waals surface area contributed by atoms with E-state index in [1.54, 1.807) is 0 Å². The topological polar surface area (TPSA) is 81.1 Å². The maximum Gasteiger partial charge on any atom is 0.414 e. The Balaban J connectivity index is 0. The highest BCUT2D eigenvalue weighted by atomic mass is 16.4. The number of carboxylic acid groups (broad SMARTS) is 2. The van der Waals surface area contributed by atoms with Gasteiger partial charge in [0.2, 0.25) is 0 Å². The van der Waals surface area contributed by atoms with Gasteiger partial charge in [0.05, 0.1) is 0 Å². The molecule has 0 saturated carbocycles. The Labute approximate surface area is 109 Å². The Bertz CT molecular complexity index is 202. The number of likely N-dealkylation sites (N-methyl/N-ethyl adjacent to an activating group) is 2. The average molecular weight is 262 g/mol. The lowest BCUT2D eigenvalue weighted by Gasteiger charge is -2.23. The number of hydrogen-bond donors (Lipinski definition) is 2. The van der Waals surface area contributed by atoms with E-state index in [1.807, 2.05) is 0 Å². The Morgan fingerprint density at radius 3 is 1.06 bits per heavy atom. The fourth-order valence-electron chi connectivity index (χ4n) is 1.36. The molecular weight excluding hydrogens is 236 g/mol. The minimum absolute atomic E-state index is 1.18. The summed E-state index contributed by atoms with van der Waals surface area (Å²) in [6, 6.07) is 0. The standard InChI is InChI=1S/C10H24N2.C2H2O4/c1-5-11(6-2)9-10-12(7-3)8-4;3-1(4)2(5)6/h5-10H2,1-4H3;(H,3,4)(H,5,6). The van der Waals surface area contributed by atoms with Crippen molar-refractivity contribution in [3.05, 3.63) is 0 Å². The van der Waals surface area contributed by atoms with Gasteiger partial charge in [-0.3, -0.25) is 0 Å². The maximum atomic E-state index is 9.10. The van der Waals surface area contributed by atoms with Gasteiger partial charge in [0.15, 0.2) is 0 Å². The molecular formula is C12H26N2O4. The molecule has 0 bridgehead atoms. The summed E-state index contributed by atoms with van der Waals surface area (Å²) in [5.41, 5.74) is 0. The second kappa shape index (κ2) is 12.3. The molecule has 18 heavy (non-hydrogen) atoms. The number of rotatable bonds is 7. The van der Waals surface area contributed by atoms with Crippen LogP contribution in [0.25, 0.3) is 0 Å². The molecule has 0 aromatic carbocycles. The van der Waals surface area contributed by atoms with Crippen LogP contribution >= 0.6 is 0 Å². The first-order chi connectivity index (χ1) is 8.42. The summed E-state index contributed by atoms with van der Waals surface area (Å²) in [4.78, 5) is 23.1. The molecule has 0 aliphatic rings. The molecule has 2 N–H and O–H groups in total. The van der Waals surface area contributed by atoms with Gasteiger partial charge in [-0.05, 0) is 26.2 Å². The molecule has 0 aliphatic carbocycles. The van der Waals surface area contributed by atoms with Crippen molar-refractivity contribution in [3.63, 3.8) is 0 Å². The first-order valence-corrected chi connectivity index (χ1v) is 6.33. The quantitative estimate of drug-likeness (QED) is 0.661. The highest BCUT2D eigenvalue weighted by Crippen LogP contribution is 1.90. The van der Waals surface area contributed by atoms with Crippen molar-refractivity contribution in [1.82, 2.24) is 9.80 Å². The van der Waals surface area contributed by atoms with Crippen molar-refractivity contribution in [2.24, 2.45) is 0 Å². The molecule has 0 aromatic heterocycles. The first kappa shape index (κ1) is 19.2. The molecule has 6 nitrogen and oxygen atoms in total. The Kier molecular flexibility index (Phi) is 13.1. The minimum Gasteiger partial charge on any atom is -0.473 e. The zero-order valence-corrected chi connectivity index (χ0v) is 11.8. The number of carbonyl (C=O) groups is 2. The largest absolute Gasteiger partial charge is 0.473 e. The predicted molar refractivity (Wildman–Crippen MR) is 70.8 cm³/mol. The van der Waals surface area contributed by atoms with E-state index >= 15 is 0 Å². The van der Waals surface area contributed by atoms with Crippen LogP contribution in [0.3, 0.4) is 0 Å². The zero-order chi connectivity index (χ0) is 14.6. The number of nitrogens with zero attached hydrogens (tertiary/aromatic N) is 2. The second-order valence-electron chi connectivity index (χ2n) is 3.66. The summed E-state index contributed by atoms with van der Waals surface area (Å²) in [5.74, 6) is -3.65. The first-order valence-electron chi connectivity index (χ1n) is 6.33. The Morgan fingerprint density at radius 2 is 0.944 bits per heavy atom. The minimum atomic E-state index is -1.82. The SMILES string of the molecule is CCN(CC)CCN(CC)CC.O=C(O)C(=O)O. The highest BCUT2D eigenvalue weighted by molar-refractivity contribution is 6.27. The predicted octanol–water partition coefficient (Wildman–Crippen LogP) is 0.826. The van der Waals surface area contributed by atoms with Crippen molar-refractivity contribution in [2.75, 3.05) is 39.3 Å². The van der Waals surface area contributed by atoms with E-state index in [4.69, 9.17) is 19.8 Å². The van der Waals surface area contributed by atoms with Gasteiger partial charge in [-0.15, -0.1) is 0 Å². The van der Waals surface area contributed by atoms with E-state index in [1.165, 1.54) is 39.3 Å². The molecule has 0 spiro atoms. The van der Waals surface area contributed by atoms with Crippen LogP contribution in [0.5, 0.6) is 0 Å². The lowest BCUT2D eigenvalue weighted by molar-refractivity contribution is -0.159. The van der Waals surface area contributed by atoms with E-state index in [9.17, 15) is 0 Å². The summed E-state index contributed by atoms with van der Waals surface area (Å²) in [7, 11) is 0. The molecule has 108 valence electrons. The molecule has 0 unspecified atom stereocenters. The molecule has 0 aliphatic heterocycles. The van der Waals surface area contributed by atoms with Gasteiger partial charge in [0.25, 0.3) is 0 Å². The molecule has 6 heteroatoms. The van der Waals surface area contributed by atoms with Crippen LogP contribution in [0.2, 0.25) is 0 Å². The van der Waals surface area contributed by atoms with Crippen molar-refractivity contribution in [3.8, 4) is 0 Å². The third kappa shape index (κ3) is 11.3. The van der Waals surface area contributed by atoms with Gasteiger partial charge < -0.3 is 20.0 Å². The van der Waals surface area contributed by atoms with Crippen molar-refractivity contribution in [2.45, 2.75) is 27.7 Å². The third-order valence-electron chi connectivity index (χ3n) is 2.70. The van der Waals surface area contributed by atoms with Gasteiger partial charge in [-0.2, -0.15) is 0 Å². The number of carboxylic acids is 2. The summed E-state index contributed by atoms with van der Waals surface area (Å²) < 4.78 is 0. The van der Waals surface area contributed by atoms with Crippen LogP contribution in [0.15, 0.2) is 0 Å². The molecule has 0 saturated heterocycles. The molecule has 0 atom stereocenters. The fraction of sp³-hybridized carbons (Fsp3) is 0.833. The molecule has 0 rings (SSSR count). The number of hydrogen-bond acceptors (Lipinski definition) is 4. The van der Waals surface area contributed by atoms with Crippen molar-refractivity contribution in [1.29, 1.82) is 0 Å². The van der Waals surface area contributed by atoms with Crippen LogP contribution < -0.4 is 0 Å². The average Bonchev–Trinajstić information content (AvgIpc) is 2.35. The second-order valence-corrected chi connectivity index (χ2v) is 3.66. The van der Waals surface area contributed by atoms with Gasteiger partial charge >= 0.3 is 11.9 Å². The molecule has 0 aromatic rings. The molecule has 0 amide bonds. The summed E-state index contributed by atoms with van der Waals surface area (Å²) in [6.07, 6.45) is 0. The number of aliphatic carboxylic acids is 2. The fourth-order valence-corrected chi connectivity index (χ4v) is 1.36. The smallest absolute Gasteiger partial charge is 0.414 e. The van der Waals surface area contributed by atoms with Crippen LogP contribution in [0.1, 0.15) is 27.7 Å². The van der Waals surface area contributed by atoms with E-state index in [0.29, 0.717) is 0 Å². The van der Waals surface area contributed by atoms with Gasteiger partial charge in [0, 0.05) is 13.1 Å². The Hall–Kier alpha value is -1.14. The lowest BCUT2D eigenvalue weighted by atomic mass is 10.4. The van der Waals surface area contributed by atoms with E-state index < -0.39 is 11.9 Å². The van der Waals surface area contributed by atoms with Gasteiger partial charge in [-0.25, -0.2) is 9.59 Å². The maximum absolute atomic E-state index is 9.10. The van der Waals surface area contributed by atoms with Crippen LogP contribution in [-0.4, -0.2) is 71.2 Å². The molecule has 0 radical (unpaired) electrons. The summed E-state index contributed by atoms with van der Waals surface area (Å²) >= 11 is 0. The molecule has 0 fully saturated rings. The monoisotopic (exact) mass is 262 g/mol. The van der Waals surface area contributed by atoms with E-state index in [0.717, 1.165) is 0 Å². The highest BCUT2D eigenvalue weighted by Gasteiger charge is 2.04. The van der Waals surface area contributed by atoms with E-state index in [2.05, 4.69) is 37.5 Å². The third-order valence-corrected chi connectivity index (χ3v) is 2.70. The normalized spacial score (nSPS) is 10.1. The zero-order valence-electron chi connectivity index (χ0n) is 11.8. The van der Waals surface area contributed by atoms with Crippen molar-refractivity contribution < 1.29 is 19.8 Å². The van der Waals surface area contributed by atoms with Gasteiger partial charge in [0.1, 0.15) is 0 Å². The lowest BCUT2D eigenvalue weighted by Crippen LogP contribution is -2.34.